The van der Waals surface area contributed by atoms with Crippen LogP contribution in [0.4, 0.5) is 0 Å². The van der Waals surface area contributed by atoms with Crippen molar-refractivity contribution in [1.82, 2.24) is 19.4 Å². The van der Waals surface area contributed by atoms with E-state index in [9.17, 15) is 13.2 Å². The first-order valence-electron chi connectivity index (χ1n) is 9.59. The number of carbonyl (C=O) groups excluding carboxylic acids is 1. The van der Waals surface area contributed by atoms with Crippen LogP contribution in [-0.2, 0) is 26.2 Å². The van der Waals surface area contributed by atoms with Crippen molar-refractivity contribution >= 4 is 27.6 Å². The summed E-state index contributed by atoms with van der Waals surface area (Å²) < 4.78 is 37.1. The van der Waals surface area contributed by atoms with Gasteiger partial charge in [0.05, 0.1) is 5.92 Å². The Morgan fingerprint density at radius 1 is 1.19 bits per heavy atom. The fourth-order valence-corrected chi connectivity index (χ4v) is 4.82. The first-order valence-corrected chi connectivity index (χ1v) is 11.4. The van der Waals surface area contributed by atoms with Gasteiger partial charge in [0.15, 0.2) is 6.61 Å². The number of nitrogens with zero attached hydrogens (tertiary/aromatic N) is 4. The largest absolute Gasteiger partial charge is 0.455 e. The summed E-state index contributed by atoms with van der Waals surface area (Å²) in [6.45, 7) is 0.324. The molecule has 1 fully saturated rings. The molecule has 9 nitrogen and oxygen atoms in total. The lowest BCUT2D eigenvalue weighted by atomic mass is 9.98. The lowest BCUT2D eigenvalue weighted by molar-refractivity contribution is -0.152. The summed E-state index contributed by atoms with van der Waals surface area (Å²) in [5.41, 5.74) is 0.730. The Labute approximate surface area is 184 Å². The van der Waals surface area contributed by atoms with Crippen LogP contribution in [0.2, 0.25) is 5.02 Å². The van der Waals surface area contributed by atoms with E-state index in [4.69, 9.17) is 20.9 Å². The molecule has 2 aromatic heterocycles. The number of aromatic nitrogens is 3. The molecule has 0 unspecified atom stereocenters. The number of esters is 1. The Kier molecular flexibility index (Phi) is 6.30. The minimum absolute atomic E-state index is 0.143. The van der Waals surface area contributed by atoms with Crippen molar-refractivity contribution < 1.29 is 22.5 Å². The zero-order valence-corrected chi connectivity index (χ0v) is 17.9. The van der Waals surface area contributed by atoms with Crippen molar-refractivity contribution in [3.8, 4) is 11.4 Å². The van der Waals surface area contributed by atoms with Gasteiger partial charge in [0.1, 0.15) is 4.90 Å². The van der Waals surface area contributed by atoms with Crippen molar-refractivity contribution in [1.29, 1.82) is 0 Å². The zero-order valence-electron chi connectivity index (χ0n) is 16.3. The van der Waals surface area contributed by atoms with Crippen LogP contribution in [0.3, 0.4) is 0 Å². The van der Waals surface area contributed by atoms with Crippen molar-refractivity contribution in [3.63, 3.8) is 0 Å². The molecule has 0 bridgehead atoms. The number of carbonyl (C=O) groups is 1. The number of hydrogen-bond donors (Lipinski definition) is 0. The van der Waals surface area contributed by atoms with Gasteiger partial charge < -0.3 is 9.26 Å². The molecular formula is C20H19ClN4O5S. The molecule has 0 radical (unpaired) electrons. The standard InChI is InChI=1S/C20H19ClN4O5S/c21-16-5-3-14(4-6-16)19-23-18(30-24-19)13-29-20(26)15-7-10-25(11-8-15)31(27,28)17-2-1-9-22-12-17/h1-6,9,12,15H,7-8,10-11,13H2. The molecule has 1 saturated heterocycles. The summed E-state index contributed by atoms with van der Waals surface area (Å²) in [5.74, 6) is -0.254. The molecule has 0 aliphatic carbocycles. The van der Waals surface area contributed by atoms with Crippen molar-refractivity contribution in [2.24, 2.45) is 5.92 Å². The van der Waals surface area contributed by atoms with Crippen LogP contribution in [-0.4, -0.2) is 46.9 Å². The van der Waals surface area contributed by atoms with E-state index >= 15 is 0 Å². The van der Waals surface area contributed by atoms with Crippen LogP contribution >= 0.6 is 11.6 Å². The van der Waals surface area contributed by atoms with Crippen LogP contribution in [0.1, 0.15) is 18.7 Å². The molecule has 3 aromatic rings. The number of pyridine rings is 1. The lowest BCUT2D eigenvalue weighted by Crippen LogP contribution is -2.40. The van der Waals surface area contributed by atoms with Crippen molar-refractivity contribution in [2.75, 3.05) is 13.1 Å². The molecule has 1 aliphatic heterocycles. The third kappa shape index (κ3) is 4.92. The van der Waals surface area contributed by atoms with Crippen LogP contribution in [0.5, 0.6) is 0 Å². The number of halogens is 1. The summed E-state index contributed by atoms with van der Waals surface area (Å²) in [6.07, 6.45) is 3.58. The highest BCUT2D eigenvalue weighted by Gasteiger charge is 2.33. The Bertz CT molecular complexity index is 1140. The molecule has 1 aromatic carbocycles. The summed E-state index contributed by atoms with van der Waals surface area (Å²) >= 11 is 5.87. The minimum atomic E-state index is -3.62. The summed E-state index contributed by atoms with van der Waals surface area (Å²) in [7, 11) is -3.62. The number of ether oxygens (including phenoxy) is 1. The third-order valence-electron chi connectivity index (χ3n) is 4.97. The van der Waals surface area contributed by atoms with E-state index < -0.39 is 16.0 Å². The molecule has 4 rings (SSSR count). The van der Waals surface area contributed by atoms with Gasteiger partial charge in [0.2, 0.25) is 15.8 Å². The maximum absolute atomic E-state index is 12.6. The molecule has 0 amide bonds. The van der Waals surface area contributed by atoms with E-state index in [1.165, 1.54) is 22.8 Å². The zero-order chi connectivity index (χ0) is 21.8. The van der Waals surface area contributed by atoms with Gasteiger partial charge in [-0.25, -0.2) is 8.42 Å². The lowest BCUT2D eigenvalue weighted by Gasteiger charge is -2.29. The highest BCUT2D eigenvalue weighted by molar-refractivity contribution is 7.89. The van der Waals surface area contributed by atoms with Gasteiger partial charge in [-0.05, 0) is 49.2 Å². The molecule has 1 aliphatic rings. The second kappa shape index (κ2) is 9.13. The van der Waals surface area contributed by atoms with Crippen molar-refractivity contribution in [3.05, 3.63) is 59.7 Å². The topological polar surface area (TPSA) is 115 Å². The number of piperidine rings is 1. The molecule has 0 N–H and O–H groups in total. The predicted octanol–water partition coefficient (Wildman–Crippen LogP) is 2.93. The average Bonchev–Trinajstić information content (AvgIpc) is 3.28. The Hall–Kier alpha value is -2.82. The summed E-state index contributed by atoms with van der Waals surface area (Å²) in [4.78, 5) is 20.6. The van der Waals surface area contributed by atoms with Crippen molar-refractivity contribution in [2.45, 2.75) is 24.3 Å². The Morgan fingerprint density at radius 3 is 2.61 bits per heavy atom. The fourth-order valence-electron chi connectivity index (χ4n) is 3.26. The van der Waals surface area contributed by atoms with Crippen LogP contribution in [0.25, 0.3) is 11.4 Å². The molecule has 0 saturated carbocycles. The van der Waals surface area contributed by atoms with Gasteiger partial charge in [-0.3, -0.25) is 9.78 Å². The smallest absolute Gasteiger partial charge is 0.309 e. The number of rotatable bonds is 6. The van der Waals surface area contributed by atoms with Crippen LogP contribution in [0.15, 0.2) is 58.2 Å². The SMILES string of the molecule is O=C(OCc1nc(-c2ccc(Cl)cc2)no1)C1CCN(S(=O)(=O)c2cccnc2)CC1. The number of benzene rings is 1. The minimum Gasteiger partial charge on any atom is -0.455 e. The van der Waals surface area contributed by atoms with E-state index in [2.05, 4.69) is 15.1 Å². The van der Waals surface area contributed by atoms with Gasteiger partial charge >= 0.3 is 5.97 Å². The molecule has 162 valence electrons. The normalized spacial score (nSPS) is 15.6. The quantitative estimate of drug-likeness (QED) is 0.513. The first kappa shape index (κ1) is 21.4. The maximum Gasteiger partial charge on any atom is 0.309 e. The van der Waals surface area contributed by atoms with E-state index in [1.54, 1.807) is 30.3 Å². The highest BCUT2D eigenvalue weighted by atomic mass is 35.5. The number of sulfonamides is 1. The molecule has 0 atom stereocenters. The molecule has 31 heavy (non-hydrogen) atoms. The molecular weight excluding hydrogens is 444 g/mol. The van der Waals surface area contributed by atoms with Crippen LogP contribution in [0, 0.1) is 5.92 Å². The van der Waals surface area contributed by atoms with E-state index in [-0.39, 0.29) is 36.4 Å². The second-order valence-corrected chi connectivity index (χ2v) is 9.37. The average molecular weight is 463 g/mol. The molecule has 3 heterocycles. The molecule has 0 spiro atoms. The highest BCUT2D eigenvalue weighted by Crippen LogP contribution is 2.25. The monoisotopic (exact) mass is 462 g/mol. The summed E-state index contributed by atoms with van der Waals surface area (Å²) in [6, 6.07) is 10.0. The number of hydrogen-bond acceptors (Lipinski definition) is 8. The van der Waals surface area contributed by atoms with Gasteiger partial charge in [-0.15, -0.1) is 0 Å². The van der Waals surface area contributed by atoms with Gasteiger partial charge in [-0.1, -0.05) is 16.8 Å². The van der Waals surface area contributed by atoms with Gasteiger partial charge in [-0.2, -0.15) is 9.29 Å². The third-order valence-corrected chi connectivity index (χ3v) is 7.10. The Balaban J connectivity index is 1.29. The fraction of sp³-hybridized carbons (Fsp3) is 0.300. The second-order valence-electron chi connectivity index (χ2n) is 6.99. The van der Waals surface area contributed by atoms with E-state index in [0.717, 1.165) is 5.56 Å². The van der Waals surface area contributed by atoms with Crippen LogP contribution < -0.4 is 0 Å². The summed E-state index contributed by atoms with van der Waals surface area (Å²) in [5, 5.41) is 4.47. The van der Waals surface area contributed by atoms with E-state index in [0.29, 0.717) is 23.7 Å². The maximum atomic E-state index is 12.6. The van der Waals surface area contributed by atoms with Gasteiger partial charge in [0.25, 0.3) is 5.89 Å². The van der Waals surface area contributed by atoms with E-state index in [1.807, 2.05) is 0 Å². The predicted molar refractivity (Wildman–Crippen MR) is 110 cm³/mol. The van der Waals surface area contributed by atoms with Gasteiger partial charge in [0, 0.05) is 36.1 Å². The molecule has 11 heteroatoms. The Morgan fingerprint density at radius 2 is 1.94 bits per heavy atom. The first-order chi connectivity index (χ1) is 14.9.